The normalized spacial score (nSPS) is 18.0. The second kappa shape index (κ2) is 35.1. The topological polar surface area (TPSA) is 51.0 Å². The lowest BCUT2D eigenvalue weighted by Crippen LogP contribution is -2.34. The Morgan fingerprint density at radius 2 is 0.571 bits per heavy atom. The molecule has 2 aliphatic carbocycles. The van der Waals surface area contributed by atoms with Gasteiger partial charge in [-0.2, -0.15) is 10.2 Å². The van der Waals surface area contributed by atoms with Crippen LogP contribution < -0.4 is 0 Å². The lowest BCUT2D eigenvalue weighted by atomic mass is 9.78. The highest BCUT2D eigenvalue weighted by atomic mass is 16.5. The highest BCUT2D eigenvalue weighted by molar-refractivity contribution is 6.07. The third-order valence-electron chi connectivity index (χ3n) is 19.6. The van der Waals surface area contributed by atoms with Gasteiger partial charge in [-0.25, -0.2) is 0 Å². The molecule has 91 heavy (non-hydrogen) atoms. The van der Waals surface area contributed by atoms with Crippen LogP contribution in [0.25, 0.3) is 30.4 Å². The Labute approximate surface area is 551 Å². The van der Waals surface area contributed by atoms with Crippen LogP contribution >= 0.6 is 0 Å². The fourth-order valence-corrected chi connectivity index (χ4v) is 11.1. The van der Waals surface area contributed by atoms with Gasteiger partial charge in [-0.15, -0.1) is 0 Å². The zero-order chi connectivity index (χ0) is 66.5. The maximum atomic E-state index is 12.1. The van der Waals surface area contributed by atoms with E-state index in [2.05, 4.69) is 275 Å². The predicted octanol–water partition coefficient (Wildman–Crippen LogP) is 25.0. The fourth-order valence-electron chi connectivity index (χ4n) is 11.1. The van der Waals surface area contributed by atoms with Crippen molar-refractivity contribution < 1.29 is 9.53 Å². The molecule has 0 saturated heterocycles. The summed E-state index contributed by atoms with van der Waals surface area (Å²) in [7, 11) is 0. The molecule has 2 saturated carbocycles. The number of nitrogens with zero attached hydrogens (tertiary/aromatic N) is 2. The monoisotopic (exact) mass is 1210 g/mol. The summed E-state index contributed by atoms with van der Waals surface area (Å²) in [6.45, 7) is 43.4. The molecule has 2 fully saturated rings. The largest absolute Gasteiger partial charge is 0.375 e. The number of hydrogen-bond donors (Lipinski definition) is 0. The van der Waals surface area contributed by atoms with E-state index in [0.717, 1.165) is 51.7 Å². The Balaban J connectivity index is 0.000000181. The molecule has 0 aliphatic heterocycles. The van der Waals surface area contributed by atoms with Crippen molar-refractivity contribution in [1.29, 1.82) is 0 Å². The van der Waals surface area contributed by atoms with Gasteiger partial charge < -0.3 is 4.74 Å². The zero-order valence-corrected chi connectivity index (χ0v) is 59.2. The molecule has 0 N–H and O–H groups in total. The van der Waals surface area contributed by atoms with E-state index in [-0.39, 0.29) is 5.78 Å². The second-order valence-electron chi connectivity index (χ2n) is 27.0. The smallest absolute Gasteiger partial charge is 0.185 e. The Morgan fingerprint density at radius 1 is 0.308 bits per heavy atom. The molecule has 0 radical (unpaired) electrons. The number of ketones is 1. The van der Waals surface area contributed by atoms with Crippen LogP contribution in [0, 0.1) is 134 Å². The standard InChI is InChI=1S/C19H20O.2C18H20.C16H18N2.C16H30O/c1-13-5-7-17(11-15(13)3)8-10-19(20)18-9-6-14(2)16(4)12-18;2*1-13-5-7-17(11-15(13)3)9-10-18-8-6-14(2)16(4)12-18;1-11-5-7-15(9-13(11)3)17-18-16-8-6-12(2)14(4)10-16;1-11-5-7-15(9-13(11)3)17-16-8-6-12(2)14(4)10-16/h5-12H,1-4H3;2*5-12H,1-4H3;5-10H,1-4H3;11-16H,5-10H2,1-4H3. The third kappa shape index (κ3) is 23.4. The van der Waals surface area contributed by atoms with Gasteiger partial charge in [-0.1, -0.05) is 173 Å². The van der Waals surface area contributed by atoms with Gasteiger partial charge in [0.1, 0.15) is 0 Å². The number of azo groups is 1. The van der Waals surface area contributed by atoms with E-state index in [1.165, 1.54) is 144 Å². The molecule has 0 bridgehead atoms. The zero-order valence-electron chi connectivity index (χ0n) is 59.2. The lowest BCUT2D eigenvalue weighted by Gasteiger charge is -2.38. The fraction of sp³-hybridized carbons (Fsp3) is 0.368. The van der Waals surface area contributed by atoms with Crippen molar-refractivity contribution in [3.63, 3.8) is 0 Å². The minimum absolute atomic E-state index is 0.0475. The number of carbonyl (C=O) groups is 1. The first-order valence-corrected chi connectivity index (χ1v) is 33.5. The first-order valence-electron chi connectivity index (χ1n) is 33.5. The number of allylic oxidation sites excluding steroid dienone is 1. The van der Waals surface area contributed by atoms with Crippen molar-refractivity contribution in [2.45, 2.75) is 189 Å². The van der Waals surface area contributed by atoms with Crippen LogP contribution in [0.4, 0.5) is 11.4 Å². The summed E-state index contributed by atoms with van der Waals surface area (Å²) in [5.74, 6) is 3.56. The van der Waals surface area contributed by atoms with Gasteiger partial charge in [-0.3, -0.25) is 4.79 Å². The third-order valence-corrected chi connectivity index (χ3v) is 19.6. The number of hydrogen-bond acceptors (Lipinski definition) is 4. The van der Waals surface area contributed by atoms with E-state index in [9.17, 15) is 4.79 Å². The molecule has 8 aromatic carbocycles. The average Bonchev–Trinajstić information content (AvgIpc) is 3.18. The van der Waals surface area contributed by atoms with E-state index < -0.39 is 0 Å². The molecule has 478 valence electrons. The van der Waals surface area contributed by atoms with Gasteiger partial charge in [0.15, 0.2) is 5.78 Å². The predicted molar refractivity (Wildman–Crippen MR) is 396 cm³/mol. The molecule has 0 heterocycles. The minimum atomic E-state index is 0.0475. The van der Waals surface area contributed by atoms with Crippen molar-refractivity contribution in [1.82, 2.24) is 0 Å². The Hall–Kier alpha value is -7.79. The molecule has 4 nitrogen and oxygen atoms in total. The van der Waals surface area contributed by atoms with Crippen molar-refractivity contribution in [2.75, 3.05) is 0 Å². The summed E-state index contributed by atoms with van der Waals surface area (Å²) in [6.07, 6.45) is 21.3. The molecular weight excluding hydrogens is 1100 g/mol. The summed E-state index contributed by atoms with van der Waals surface area (Å²) >= 11 is 0. The second-order valence-corrected chi connectivity index (χ2v) is 27.0. The average molecular weight is 1210 g/mol. The first kappa shape index (κ1) is 72.3. The highest BCUT2D eigenvalue weighted by Gasteiger charge is 2.30. The van der Waals surface area contributed by atoms with Gasteiger partial charge in [-0.05, 0) is 326 Å². The quantitative estimate of drug-likeness (QED) is 0.0561. The number of carbonyl (C=O) groups excluding carboxylic acids is 1. The summed E-state index contributed by atoms with van der Waals surface area (Å²) in [6, 6.07) is 50.6. The van der Waals surface area contributed by atoms with Crippen LogP contribution in [0.2, 0.25) is 0 Å². The van der Waals surface area contributed by atoms with E-state index in [1.807, 2.05) is 49.4 Å². The van der Waals surface area contributed by atoms with Crippen LogP contribution in [0.1, 0.15) is 193 Å². The van der Waals surface area contributed by atoms with Gasteiger partial charge in [0, 0.05) is 5.56 Å². The summed E-state index contributed by atoms with van der Waals surface area (Å²) in [4.78, 5) is 12.1. The van der Waals surface area contributed by atoms with Gasteiger partial charge in [0.2, 0.25) is 0 Å². The molecule has 2 aliphatic rings. The molecule has 4 heteroatoms. The molecule has 0 spiro atoms. The Bertz CT molecular complexity index is 3390. The molecule has 10 rings (SSSR count). The molecule has 6 unspecified atom stereocenters. The van der Waals surface area contributed by atoms with Gasteiger partial charge in [0.05, 0.1) is 23.6 Å². The Morgan fingerprint density at radius 3 is 0.846 bits per heavy atom. The van der Waals surface area contributed by atoms with Crippen LogP contribution in [0.3, 0.4) is 0 Å². The minimum Gasteiger partial charge on any atom is -0.375 e. The van der Waals surface area contributed by atoms with E-state index in [0.29, 0.717) is 12.2 Å². The Kier molecular flexibility index (Phi) is 27.9. The summed E-state index contributed by atoms with van der Waals surface area (Å²) < 4.78 is 6.37. The summed E-state index contributed by atoms with van der Waals surface area (Å²) in [5.41, 5.74) is 29.3. The highest BCUT2D eigenvalue weighted by Crippen LogP contribution is 2.36. The maximum Gasteiger partial charge on any atom is 0.185 e. The van der Waals surface area contributed by atoms with Crippen LogP contribution in [0.15, 0.2) is 162 Å². The molecule has 0 aromatic heterocycles. The van der Waals surface area contributed by atoms with Crippen molar-refractivity contribution in [3.8, 4) is 0 Å². The maximum absolute atomic E-state index is 12.1. The van der Waals surface area contributed by atoms with Gasteiger partial charge in [0.25, 0.3) is 0 Å². The molecule has 8 aromatic rings. The van der Waals surface area contributed by atoms with Crippen molar-refractivity contribution >= 4 is 47.5 Å². The van der Waals surface area contributed by atoms with Crippen molar-refractivity contribution in [3.05, 3.63) is 274 Å². The van der Waals surface area contributed by atoms with Crippen LogP contribution in [-0.2, 0) is 4.74 Å². The number of benzene rings is 8. The van der Waals surface area contributed by atoms with Crippen LogP contribution in [-0.4, -0.2) is 18.0 Å². The molecule has 6 atom stereocenters. The van der Waals surface area contributed by atoms with E-state index >= 15 is 0 Å². The SMILES string of the molecule is CC1CCC(OC2CCC(C)C(C)C2)CC1C.Cc1ccc(C=CC(=O)c2ccc(C)c(C)c2)cc1C.Cc1ccc(C=Cc2ccc(C)c(C)c2)cc1C.Cc1ccc(C=Cc2ccc(C)c(C)c2)cc1C.Cc1ccc(N=Nc2ccc(C)c(C)c2)cc1C. The lowest BCUT2D eigenvalue weighted by molar-refractivity contribution is -0.0731. The van der Waals surface area contributed by atoms with Crippen molar-refractivity contribution in [2.24, 2.45) is 33.9 Å². The summed E-state index contributed by atoms with van der Waals surface area (Å²) in [5, 5.41) is 8.55. The van der Waals surface area contributed by atoms with Crippen LogP contribution in [0.5, 0.6) is 0 Å². The van der Waals surface area contributed by atoms with E-state index in [4.69, 9.17) is 4.74 Å². The first-order chi connectivity index (χ1) is 43.2. The molecular formula is C87H108N2O2. The molecule has 0 amide bonds. The van der Waals surface area contributed by atoms with Gasteiger partial charge >= 0.3 is 0 Å². The van der Waals surface area contributed by atoms with E-state index in [1.54, 1.807) is 6.08 Å². The number of aryl methyl sites for hydroxylation is 16. The number of ether oxygens (including phenoxy) is 1. The number of rotatable bonds is 11.